The van der Waals surface area contributed by atoms with Crippen LogP contribution in [0.4, 0.5) is 0 Å². The molecule has 0 aliphatic carbocycles. The number of nitrogens with one attached hydrogen (secondary N) is 1. The molecule has 24 heavy (non-hydrogen) atoms. The summed E-state index contributed by atoms with van der Waals surface area (Å²) in [5.41, 5.74) is 0.564. The van der Waals surface area contributed by atoms with Crippen molar-refractivity contribution in [1.82, 2.24) is 15.2 Å². The van der Waals surface area contributed by atoms with E-state index < -0.39 is 5.79 Å². The van der Waals surface area contributed by atoms with Crippen LogP contribution in [-0.2, 0) is 24.8 Å². The Labute approximate surface area is 143 Å². The molecule has 0 spiro atoms. The van der Waals surface area contributed by atoms with Crippen molar-refractivity contribution in [2.24, 2.45) is 0 Å². The highest BCUT2D eigenvalue weighted by Gasteiger charge is 2.34. The van der Waals surface area contributed by atoms with Crippen LogP contribution in [0.25, 0.3) is 0 Å². The molecule has 0 saturated carbocycles. The third kappa shape index (κ3) is 5.28. The Balaban J connectivity index is 2.59. The van der Waals surface area contributed by atoms with Crippen molar-refractivity contribution in [1.29, 1.82) is 0 Å². The third-order valence-electron chi connectivity index (χ3n) is 3.91. The molecular formula is C17H27N3O4. The Morgan fingerprint density at radius 2 is 1.83 bits per heavy atom. The van der Waals surface area contributed by atoms with Crippen LogP contribution in [0, 0.1) is 0 Å². The molecule has 134 valence electrons. The van der Waals surface area contributed by atoms with Gasteiger partial charge in [0.05, 0.1) is 6.54 Å². The monoisotopic (exact) mass is 337 g/mol. The van der Waals surface area contributed by atoms with Crippen LogP contribution >= 0.6 is 0 Å². The zero-order valence-corrected chi connectivity index (χ0v) is 14.9. The van der Waals surface area contributed by atoms with Crippen molar-refractivity contribution in [3.05, 3.63) is 30.1 Å². The van der Waals surface area contributed by atoms with Gasteiger partial charge in [-0.2, -0.15) is 0 Å². The van der Waals surface area contributed by atoms with Crippen molar-refractivity contribution >= 4 is 11.8 Å². The molecule has 1 aromatic rings. The van der Waals surface area contributed by atoms with E-state index in [2.05, 4.69) is 10.3 Å². The van der Waals surface area contributed by atoms with Gasteiger partial charge < -0.3 is 19.7 Å². The normalized spacial score (nSPS) is 11.2. The van der Waals surface area contributed by atoms with Gasteiger partial charge >= 0.3 is 0 Å². The van der Waals surface area contributed by atoms with Gasteiger partial charge in [-0.1, -0.05) is 6.07 Å². The van der Waals surface area contributed by atoms with Gasteiger partial charge in [0.25, 0.3) is 0 Å². The first-order valence-corrected chi connectivity index (χ1v) is 8.09. The van der Waals surface area contributed by atoms with Gasteiger partial charge in [-0.25, -0.2) is 0 Å². The molecule has 2 amide bonds. The summed E-state index contributed by atoms with van der Waals surface area (Å²) < 4.78 is 10.9. The van der Waals surface area contributed by atoms with Crippen LogP contribution < -0.4 is 5.32 Å². The van der Waals surface area contributed by atoms with Gasteiger partial charge in [-0.15, -0.1) is 0 Å². The zero-order chi connectivity index (χ0) is 18.0. The predicted molar refractivity (Wildman–Crippen MR) is 90.1 cm³/mol. The number of pyridine rings is 1. The fraction of sp³-hybridized carbons (Fsp3) is 0.588. The molecular weight excluding hydrogens is 310 g/mol. The fourth-order valence-corrected chi connectivity index (χ4v) is 2.37. The molecule has 0 fully saturated rings. The SMILES string of the molecule is CCN(CC)C(=O)CCC(=O)NCC(OC)(OC)c1ccccn1. The number of hydrogen-bond donors (Lipinski definition) is 1. The summed E-state index contributed by atoms with van der Waals surface area (Å²) in [5, 5.41) is 2.75. The number of ether oxygens (including phenoxy) is 2. The molecule has 1 heterocycles. The quantitative estimate of drug-likeness (QED) is 0.651. The van der Waals surface area contributed by atoms with E-state index in [1.165, 1.54) is 14.2 Å². The number of rotatable bonds is 10. The highest BCUT2D eigenvalue weighted by Crippen LogP contribution is 2.23. The van der Waals surface area contributed by atoms with Crippen molar-refractivity contribution in [2.75, 3.05) is 33.9 Å². The molecule has 0 unspecified atom stereocenters. The number of carbonyl (C=O) groups excluding carboxylic acids is 2. The molecule has 0 bridgehead atoms. The number of carbonyl (C=O) groups is 2. The van der Waals surface area contributed by atoms with Crippen LogP contribution in [0.1, 0.15) is 32.4 Å². The Kier molecular flexibility index (Phi) is 8.35. The summed E-state index contributed by atoms with van der Waals surface area (Å²) in [6, 6.07) is 5.37. The summed E-state index contributed by atoms with van der Waals surface area (Å²) in [6.07, 6.45) is 1.94. The van der Waals surface area contributed by atoms with Gasteiger partial charge in [-0.05, 0) is 26.0 Å². The van der Waals surface area contributed by atoms with Crippen LogP contribution in [0.2, 0.25) is 0 Å². The van der Waals surface area contributed by atoms with Gasteiger partial charge in [0, 0.05) is 46.3 Å². The first-order valence-electron chi connectivity index (χ1n) is 8.09. The second kappa shape index (κ2) is 10.00. The average Bonchev–Trinajstić information content (AvgIpc) is 2.63. The van der Waals surface area contributed by atoms with E-state index >= 15 is 0 Å². The number of nitrogens with zero attached hydrogens (tertiary/aromatic N) is 2. The molecule has 1 rings (SSSR count). The Hall–Kier alpha value is -1.99. The molecule has 1 aromatic heterocycles. The van der Waals surface area contributed by atoms with E-state index in [9.17, 15) is 9.59 Å². The van der Waals surface area contributed by atoms with Gasteiger partial charge in [0.2, 0.25) is 17.6 Å². The Morgan fingerprint density at radius 3 is 2.33 bits per heavy atom. The maximum atomic E-state index is 12.0. The largest absolute Gasteiger partial charge is 0.350 e. The number of amides is 2. The fourth-order valence-electron chi connectivity index (χ4n) is 2.37. The lowest BCUT2D eigenvalue weighted by atomic mass is 10.1. The molecule has 0 radical (unpaired) electrons. The van der Waals surface area contributed by atoms with Crippen LogP contribution in [0.3, 0.4) is 0 Å². The van der Waals surface area contributed by atoms with E-state index in [4.69, 9.17) is 9.47 Å². The van der Waals surface area contributed by atoms with E-state index in [-0.39, 0.29) is 31.2 Å². The Morgan fingerprint density at radius 1 is 1.17 bits per heavy atom. The van der Waals surface area contributed by atoms with Crippen molar-refractivity contribution in [3.63, 3.8) is 0 Å². The number of methoxy groups -OCH3 is 2. The van der Waals surface area contributed by atoms with E-state index in [1.807, 2.05) is 19.9 Å². The highest BCUT2D eigenvalue weighted by molar-refractivity contribution is 5.83. The van der Waals surface area contributed by atoms with Gasteiger partial charge in [0.1, 0.15) is 5.69 Å². The number of aromatic nitrogens is 1. The smallest absolute Gasteiger partial charge is 0.229 e. The third-order valence-corrected chi connectivity index (χ3v) is 3.91. The second-order valence-electron chi connectivity index (χ2n) is 5.22. The minimum absolute atomic E-state index is 0.0235. The van der Waals surface area contributed by atoms with Gasteiger partial charge in [-0.3, -0.25) is 14.6 Å². The molecule has 0 atom stereocenters. The summed E-state index contributed by atoms with van der Waals surface area (Å²) >= 11 is 0. The topological polar surface area (TPSA) is 80.8 Å². The van der Waals surface area contributed by atoms with Crippen LogP contribution in [0.15, 0.2) is 24.4 Å². The van der Waals surface area contributed by atoms with Crippen LogP contribution in [-0.4, -0.2) is 55.6 Å². The summed E-state index contributed by atoms with van der Waals surface area (Å²) in [7, 11) is 2.99. The Bertz CT molecular complexity index is 514. The molecule has 0 aliphatic heterocycles. The van der Waals surface area contributed by atoms with Crippen molar-refractivity contribution in [3.8, 4) is 0 Å². The molecule has 0 aromatic carbocycles. The van der Waals surface area contributed by atoms with Crippen molar-refractivity contribution in [2.45, 2.75) is 32.5 Å². The molecule has 7 heteroatoms. The molecule has 7 nitrogen and oxygen atoms in total. The maximum Gasteiger partial charge on any atom is 0.229 e. The van der Waals surface area contributed by atoms with Gasteiger partial charge in [0.15, 0.2) is 0 Å². The lowest BCUT2D eigenvalue weighted by molar-refractivity contribution is -0.214. The summed E-state index contributed by atoms with van der Waals surface area (Å²) in [4.78, 5) is 29.9. The zero-order valence-electron chi connectivity index (χ0n) is 14.9. The van der Waals surface area contributed by atoms with Crippen LogP contribution in [0.5, 0.6) is 0 Å². The maximum absolute atomic E-state index is 12.0. The van der Waals surface area contributed by atoms with E-state index in [0.717, 1.165) is 0 Å². The number of hydrogen-bond acceptors (Lipinski definition) is 5. The lowest BCUT2D eigenvalue weighted by Crippen LogP contribution is -2.44. The first kappa shape index (κ1) is 20.1. The van der Waals surface area contributed by atoms with Crippen molar-refractivity contribution < 1.29 is 19.1 Å². The lowest BCUT2D eigenvalue weighted by Gasteiger charge is -2.30. The summed E-state index contributed by atoms with van der Waals surface area (Å²) in [5.74, 6) is -1.41. The first-order chi connectivity index (χ1) is 11.5. The second-order valence-corrected chi connectivity index (χ2v) is 5.22. The average molecular weight is 337 g/mol. The summed E-state index contributed by atoms with van der Waals surface area (Å²) in [6.45, 7) is 5.23. The van der Waals surface area contributed by atoms with E-state index in [0.29, 0.717) is 18.8 Å². The standard InChI is InChI=1S/C17H27N3O4/c1-5-20(6-2)16(22)11-10-15(21)19-13-17(23-3,24-4)14-9-7-8-12-18-14/h7-9,12H,5-6,10-11,13H2,1-4H3,(H,19,21). The highest BCUT2D eigenvalue weighted by atomic mass is 16.7. The minimum atomic E-state index is -1.15. The minimum Gasteiger partial charge on any atom is -0.350 e. The molecule has 0 saturated heterocycles. The van der Waals surface area contributed by atoms with E-state index in [1.54, 1.807) is 23.2 Å². The predicted octanol–water partition coefficient (Wildman–Crippen LogP) is 1.29. The molecule has 0 aliphatic rings. The molecule has 1 N–H and O–H groups in total.